The van der Waals surface area contributed by atoms with Crippen LogP contribution in [0.15, 0.2) is 18.5 Å². The van der Waals surface area contributed by atoms with Crippen molar-refractivity contribution in [2.24, 2.45) is 12.8 Å². The lowest BCUT2D eigenvalue weighted by Gasteiger charge is -2.37. The third kappa shape index (κ3) is 3.09. The molecule has 0 spiro atoms. The van der Waals surface area contributed by atoms with E-state index in [9.17, 15) is 0 Å². The molecule has 1 aliphatic rings. The summed E-state index contributed by atoms with van der Waals surface area (Å²) in [5, 5.41) is 0. The smallest absolute Gasteiger partial charge is 0.0335 e. The average Bonchev–Trinajstić information content (AvgIpc) is 2.76. The summed E-state index contributed by atoms with van der Waals surface area (Å²) >= 11 is 0. The molecule has 1 aromatic heterocycles. The molecule has 0 radical (unpaired) electrons. The van der Waals surface area contributed by atoms with Crippen LogP contribution in [0.4, 0.5) is 0 Å². The van der Waals surface area contributed by atoms with Crippen molar-refractivity contribution in [2.45, 2.75) is 13.0 Å². The number of nitrogens with two attached hydrogens (primary N) is 1. The van der Waals surface area contributed by atoms with Crippen molar-refractivity contribution in [3.8, 4) is 0 Å². The maximum absolute atomic E-state index is 5.59. The van der Waals surface area contributed by atoms with Crippen LogP contribution in [0.25, 0.3) is 0 Å². The Balaban J connectivity index is 1.88. The molecule has 1 saturated heterocycles. The maximum atomic E-state index is 5.59. The van der Waals surface area contributed by atoms with Crippen molar-refractivity contribution >= 4 is 0 Å². The first-order valence-electron chi connectivity index (χ1n) is 6.49. The Labute approximate surface area is 104 Å². The van der Waals surface area contributed by atoms with Crippen LogP contribution in [0.5, 0.6) is 0 Å². The highest BCUT2D eigenvalue weighted by Crippen LogP contribution is 2.21. The Kier molecular flexibility index (Phi) is 4.20. The second-order valence-electron chi connectivity index (χ2n) is 4.95. The highest BCUT2D eigenvalue weighted by atomic mass is 15.3. The monoisotopic (exact) mass is 236 g/mol. The van der Waals surface area contributed by atoms with E-state index in [0.29, 0.717) is 6.04 Å². The molecule has 0 amide bonds. The van der Waals surface area contributed by atoms with Gasteiger partial charge in [-0.15, -0.1) is 0 Å². The van der Waals surface area contributed by atoms with E-state index in [4.69, 9.17) is 5.73 Å². The van der Waals surface area contributed by atoms with Gasteiger partial charge in [0.1, 0.15) is 0 Å². The highest BCUT2D eigenvalue weighted by molar-refractivity contribution is 5.14. The minimum absolute atomic E-state index is 0.524. The molecule has 0 bridgehead atoms. The molecule has 1 aliphatic heterocycles. The van der Waals surface area contributed by atoms with Crippen LogP contribution in [0.1, 0.15) is 18.5 Å². The Morgan fingerprint density at radius 1 is 1.29 bits per heavy atom. The first kappa shape index (κ1) is 12.6. The van der Waals surface area contributed by atoms with E-state index in [1.807, 2.05) is 0 Å². The first-order chi connectivity index (χ1) is 8.20. The summed E-state index contributed by atoms with van der Waals surface area (Å²) < 4.78 is 2.12. The van der Waals surface area contributed by atoms with E-state index in [1.165, 1.54) is 5.56 Å². The average molecular weight is 236 g/mol. The zero-order valence-corrected chi connectivity index (χ0v) is 11.0. The lowest BCUT2D eigenvalue weighted by molar-refractivity contribution is 0.104. The third-order valence-electron chi connectivity index (χ3n) is 3.74. The summed E-state index contributed by atoms with van der Waals surface area (Å²) in [7, 11) is 2.08. The molecule has 1 fully saturated rings. The number of hydrogen-bond donors (Lipinski definition) is 1. The Bertz CT molecular complexity index is 339. The van der Waals surface area contributed by atoms with Crippen molar-refractivity contribution in [3.63, 3.8) is 0 Å². The molecular weight excluding hydrogens is 212 g/mol. The van der Waals surface area contributed by atoms with Crippen LogP contribution in [0, 0.1) is 0 Å². The lowest BCUT2D eigenvalue weighted by Crippen LogP contribution is -2.48. The quantitative estimate of drug-likeness (QED) is 0.834. The van der Waals surface area contributed by atoms with E-state index in [0.717, 1.165) is 39.3 Å². The van der Waals surface area contributed by atoms with Gasteiger partial charge in [-0.1, -0.05) is 0 Å². The Hall–Kier alpha value is -0.840. The van der Waals surface area contributed by atoms with Gasteiger partial charge in [-0.3, -0.25) is 9.80 Å². The number of hydrogen-bond acceptors (Lipinski definition) is 3. The molecule has 2 heterocycles. The van der Waals surface area contributed by atoms with Gasteiger partial charge >= 0.3 is 0 Å². The SMILES string of the molecule is CC(c1ccn(C)c1)N1CCN(CCN)CC1. The van der Waals surface area contributed by atoms with Crippen molar-refractivity contribution in [2.75, 3.05) is 39.3 Å². The largest absolute Gasteiger partial charge is 0.357 e. The molecule has 96 valence electrons. The van der Waals surface area contributed by atoms with Gasteiger partial charge in [-0.2, -0.15) is 0 Å². The summed E-state index contributed by atoms with van der Waals surface area (Å²) in [5.74, 6) is 0. The zero-order valence-electron chi connectivity index (χ0n) is 11.0. The van der Waals surface area contributed by atoms with Crippen LogP contribution in [-0.4, -0.2) is 53.6 Å². The fourth-order valence-electron chi connectivity index (χ4n) is 2.54. The van der Waals surface area contributed by atoms with Crippen molar-refractivity contribution in [3.05, 3.63) is 24.0 Å². The molecule has 0 aliphatic carbocycles. The van der Waals surface area contributed by atoms with Crippen molar-refractivity contribution in [1.29, 1.82) is 0 Å². The van der Waals surface area contributed by atoms with E-state index in [2.05, 4.69) is 46.8 Å². The van der Waals surface area contributed by atoms with Crippen LogP contribution >= 0.6 is 0 Å². The second kappa shape index (κ2) is 5.67. The van der Waals surface area contributed by atoms with Crippen molar-refractivity contribution < 1.29 is 0 Å². The fourth-order valence-corrected chi connectivity index (χ4v) is 2.54. The first-order valence-corrected chi connectivity index (χ1v) is 6.49. The van der Waals surface area contributed by atoms with E-state index in [-0.39, 0.29) is 0 Å². The molecule has 1 atom stereocenters. The van der Waals surface area contributed by atoms with Gasteiger partial charge < -0.3 is 10.3 Å². The van der Waals surface area contributed by atoms with Crippen LogP contribution < -0.4 is 5.73 Å². The molecule has 2 rings (SSSR count). The Morgan fingerprint density at radius 3 is 2.53 bits per heavy atom. The minimum atomic E-state index is 0.524. The molecule has 0 saturated carbocycles. The standard InChI is InChI=1S/C13H24N4/c1-12(13-3-5-15(2)11-13)17-9-7-16(6-4-14)8-10-17/h3,5,11-12H,4,6-10,14H2,1-2H3. The molecule has 2 N–H and O–H groups in total. The zero-order chi connectivity index (χ0) is 12.3. The summed E-state index contributed by atoms with van der Waals surface area (Å²) in [4.78, 5) is 5.01. The van der Waals surface area contributed by atoms with Crippen LogP contribution in [0.3, 0.4) is 0 Å². The summed E-state index contributed by atoms with van der Waals surface area (Å²) in [5.41, 5.74) is 7.01. The molecule has 1 unspecified atom stereocenters. The van der Waals surface area contributed by atoms with Gasteiger partial charge in [0.2, 0.25) is 0 Å². The minimum Gasteiger partial charge on any atom is -0.357 e. The fraction of sp³-hybridized carbons (Fsp3) is 0.692. The predicted molar refractivity (Wildman–Crippen MR) is 70.9 cm³/mol. The maximum Gasteiger partial charge on any atom is 0.0335 e. The molecule has 17 heavy (non-hydrogen) atoms. The van der Waals surface area contributed by atoms with Gasteiger partial charge in [0, 0.05) is 64.8 Å². The molecule has 0 aromatic carbocycles. The predicted octanol–water partition coefficient (Wildman–Crippen LogP) is 0.662. The van der Waals surface area contributed by atoms with E-state index < -0.39 is 0 Å². The van der Waals surface area contributed by atoms with E-state index >= 15 is 0 Å². The van der Waals surface area contributed by atoms with E-state index in [1.54, 1.807) is 0 Å². The van der Waals surface area contributed by atoms with Gasteiger partial charge in [0.25, 0.3) is 0 Å². The molecular formula is C13H24N4. The molecule has 4 heteroatoms. The topological polar surface area (TPSA) is 37.4 Å². The summed E-state index contributed by atoms with van der Waals surface area (Å²) in [6, 6.07) is 2.74. The second-order valence-corrected chi connectivity index (χ2v) is 4.95. The van der Waals surface area contributed by atoms with Crippen molar-refractivity contribution in [1.82, 2.24) is 14.4 Å². The Morgan fingerprint density at radius 2 is 2.00 bits per heavy atom. The molecule has 4 nitrogen and oxygen atoms in total. The number of aryl methyl sites for hydroxylation is 1. The number of nitrogens with zero attached hydrogens (tertiary/aromatic N) is 3. The molecule has 1 aromatic rings. The van der Waals surface area contributed by atoms with Gasteiger partial charge in [0.15, 0.2) is 0 Å². The highest BCUT2D eigenvalue weighted by Gasteiger charge is 2.21. The summed E-state index contributed by atoms with van der Waals surface area (Å²) in [6.07, 6.45) is 4.34. The lowest BCUT2D eigenvalue weighted by atomic mass is 10.1. The van der Waals surface area contributed by atoms with Crippen LogP contribution in [0.2, 0.25) is 0 Å². The number of aromatic nitrogens is 1. The van der Waals surface area contributed by atoms with Gasteiger partial charge in [0.05, 0.1) is 0 Å². The van der Waals surface area contributed by atoms with Crippen LogP contribution in [-0.2, 0) is 7.05 Å². The third-order valence-corrected chi connectivity index (χ3v) is 3.74. The summed E-state index contributed by atoms with van der Waals surface area (Å²) in [6.45, 7) is 8.70. The van der Waals surface area contributed by atoms with Gasteiger partial charge in [-0.05, 0) is 18.6 Å². The number of rotatable bonds is 4. The number of piperazine rings is 1. The van der Waals surface area contributed by atoms with Gasteiger partial charge in [-0.25, -0.2) is 0 Å². The normalized spacial score (nSPS) is 20.6.